The summed E-state index contributed by atoms with van der Waals surface area (Å²) in [6.07, 6.45) is 30.3. The Bertz CT molecular complexity index is 7500. The molecule has 0 fully saturated rings. The Hall–Kier alpha value is -14.9. The van der Waals surface area contributed by atoms with Gasteiger partial charge in [0, 0.05) is 179 Å². The Labute approximate surface area is 866 Å². The molecule has 0 atom stereocenters. The Morgan fingerprint density at radius 2 is 0.408 bits per heavy atom. The van der Waals surface area contributed by atoms with Gasteiger partial charge in [-0.2, -0.15) is 0 Å². The van der Waals surface area contributed by atoms with E-state index in [0.717, 1.165) is 307 Å². The van der Waals surface area contributed by atoms with Crippen LogP contribution in [0.4, 0.5) is 0 Å². The molecule has 24 bridgehead atoms. The van der Waals surface area contributed by atoms with Crippen molar-refractivity contribution in [3.05, 3.63) is 247 Å². The van der Waals surface area contributed by atoms with Gasteiger partial charge in [0.25, 0.3) is 0 Å². The topological polar surface area (TPSA) is 347 Å². The first-order valence-electron chi connectivity index (χ1n) is 52.4. The average molecular weight is 1980 g/mol. The Morgan fingerprint density at radius 1 is 0.231 bits per heavy atom. The molecule has 15 heterocycles. The number of carbonyl (C=O) groups is 6. The first-order valence-corrected chi connectivity index (χ1v) is 52.4. The van der Waals surface area contributed by atoms with Gasteiger partial charge in [-0.05, 0) is 314 Å². The number of allylic oxidation sites excluding steroid dienone is 12. The number of nitrogens with zero attached hydrogens (tertiary/aromatic N) is 6. The lowest BCUT2D eigenvalue weighted by Gasteiger charge is -2.08. The molecule has 0 spiro atoms. The minimum absolute atomic E-state index is 0.0224. The lowest BCUT2D eigenvalue weighted by Crippen LogP contribution is -2.24. The van der Waals surface area contributed by atoms with Crippen LogP contribution in [0.3, 0.4) is 0 Å². The highest BCUT2D eigenvalue weighted by molar-refractivity contribution is 6.03. The van der Waals surface area contributed by atoms with Crippen molar-refractivity contribution in [1.82, 2.24) is 91.7 Å². The van der Waals surface area contributed by atoms with Gasteiger partial charge in [0.1, 0.15) is 0 Å². The van der Waals surface area contributed by atoms with E-state index in [0.29, 0.717) is 96.7 Å². The van der Waals surface area contributed by atoms with Gasteiger partial charge >= 0.3 is 0 Å². The molecule has 0 saturated carbocycles. The molecule has 6 aliphatic rings. The molecule has 6 aliphatic heterocycles. The second-order valence-corrected chi connectivity index (χ2v) is 39.1. The maximum atomic E-state index is 13.0. The van der Waals surface area contributed by atoms with Crippen LogP contribution in [0, 0.1) is 41.5 Å². The number of hydrogen-bond donors (Lipinski definition) is 12. The second kappa shape index (κ2) is 50.2. The number of aromatic nitrogens is 12. The summed E-state index contributed by atoms with van der Waals surface area (Å²) in [5, 5.41) is 17.5. The van der Waals surface area contributed by atoms with Crippen molar-refractivity contribution >= 4 is 205 Å². The predicted molar refractivity (Wildman–Crippen MR) is 616 cm³/mol. The summed E-state index contributed by atoms with van der Waals surface area (Å²) in [6.45, 7) is 58.3. The molecule has 12 N–H and O–H groups in total. The number of hydrogen-bond acceptors (Lipinski definition) is 12. The Balaban J connectivity index is 0.000000184. The molecule has 6 amide bonds. The van der Waals surface area contributed by atoms with E-state index in [9.17, 15) is 28.8 Å². The maximum Gasteiger partial charge on any atom is 0.220 e. The third-order valence-corrected chi connectivity index (χ3v) is 29.6. The van der Waals surface area contributed by atoms with Crippen molar-refractivity contribution in [2.75, 3.05) is 40.8 Å². The van der Waals surface area contributed by atoms with E-state index in [1.54, 1.807) is 21.1 Å². The summed E-state index contributed by atoms with van der Waals surface area (Å²) in [6, 6.07) is 24.9. The number of fused-ring (bicyclic) bond motifs is 24. The van der Waals surface area contributed by atoms with Crippen LogP contribution in [0.1, 0.15) is 352 Å². The summed E-state index contributed by atoms with van der Waals surface area (Å²) in [7, 11) is 4.97. The Kier molecular flexibility index (Phi) is 37.4. The van der Waals surface area contributed by atoms with E-state index < -0.39 is 0 Å². The molecule has 24 nitrogen and oxygen atoms in total. The molecule has 0 aromatic carbocycles. The minimum atomic E-state index is -0.0251. The van der Waals surface area contributed by atoms with E-state index >= 15 is 0 Å². The van der Waals surface area contributed by atoms with Crippen molar-refractivity contribution in [2.24, 2.45) is 0 Å². The lowest BCUT2D eigenvalue weighted by molar-refractivity contribution is -0.121. The van der Waals surface area contributed by atoms with E-state index in [2.05, 4.69) is 260 Å². The van der Waals surface area contributed by atoms with Crippen LogP contribution < -0.4 is 31.9 Å². The zero-order chi connectivity index (χ0) is 106. The van der Waals surface area contributed by atoms with Gasteiger partial charge in [-0.15, -0.1) is 0 Å². The van der Waals surface area contributed by atoms with Crippen LogP contribution in [-0.4, -0.2) is 136 Å². The third kappa shape index (κ3) is 25.2. The standard InChI is InChI=1S/C43H54N6O2.C41H50N6O2.C39H46N6O2/c1-9-12-13-14-15-16-21-45-43(51)20-18-33-28(6)35-22-34-26(4)30(10-2)38(46-34)23-36-27(5)31(11-3)39(47-36)24-37-29(7)32(17-19-42(50)44-8)40(49-37)25-41(33)48-35;1-9-12-13-14-19-43-41(49)18-16-31-26(6)33-20-32-24(4)28(10-2)36(44-32)21-34-25(5)29(11-3)37(45-34)22-35-27(7)30(15-17-40(48)42-8)38(47-35)23-39(31)46-33;1-9-12-17-41-39(47)16-14-29-24(6)31-18-30-22(4)26(10-2)34(42-30)19-32-23(5)27(11-3)35(43-32)20-33-25(7)28(13-15-38(46)40-8)36(45-33)21-37(29)44-31/h10-11,22-25,46-47H,2-3,9,12-21H2,1,4-8H3,(H,44,50)(H,45,51);10-11,20-23,44-45H,2-3,9,12-19H2,1,4-8H3,(H,42,48)(H,43,49);10-11,18-21,42-43H,2-3,9,12-17H2,1,4-8H3,(H,40,46)(H,41,47). The van der Waals surface area contributed by atoms with Gasteiger partial charge in [0.15, 0.2) is 0 Å². The third-order valence-electron chi connectivity index (χ3n) is 29.6. The average Bonchev–Trinajstić information content (AvgIpc) is 1.62. The van der Waals surface area contributed by atoms with Crippen LogP contribution in [0.2, 0.25) is 0 Å². The number of amides is 6. The van der Waals surface area contributed by atoms with E-state index in [1.807, 2.05) is 54.7 Å². The molecule has 0 radical (unpaired) electrons. The molecule has 0 saturated heterocycles. The summed E-state index contributed by atoms with van der Waals surface area (Å²) < 4.78 is 0. The van der Waals surface area contributed by atoms with Crippen molar-refractivity contribution in [3.63, 3.8) is 0 Å². The van der Waals surface area contributed by atoms with Gasteiger partial charge in [-0.25, -0.2) is 29.9 Å². The van der Waals surface area contributed by atoms with E-state index in [4.69, 9.17) is 29.9 Å². The first kappa shape index (κ1) is 109. The molecule has 147 heavy (non-hydrogen) atoms. The fourth-order valence-corrected chi connectivity index (χ4v) is 20.3. The number of carbonyl (C=O) groups excluding carboxylic acids is 6. The van der Waals surface area contributed by atoms with E-state index in [-0.39, 0.29) is 35.4 Å². The molecule has 15 rings (SSSR count). The monoisotopic (exact) mass is 1980 g/mol. The Morgan fingerprint density at radius 3 is 0.619 bits per heavy atom. The van der Waals surface area contributed by atoms with Crippen molar-refractivity contribution < 1.29 is 28.8 Å². The number of aromatic amines is 6. The van der Waals surface area contributed by atoms with Gasteiger partial charge in [-0.1, -0.05) is 154 Å². The predicted octanol–water partition coefficient (Wildman–Crippen LogP) is 27.2. The zero-order valence-corrected chi connectivity index (χ0v) is 89.9. The van der Waals surface area contributed by atoms with Crippen LogP contribution in [0.5, 0.6) is 0 Å². The largest absolute Gasteiger partial charge is 0.359 e. The fraction of sp³-hybridized carbons (Fsp3) is 0.366. The smallest absolute Gasteiger partial charge is 0.220 e. The summed E-state index contributed by atoms with van der Waals surface area (Å²) in [5.74, 6) is 0.0675. The second-order valence-electron chi connectivity index (χ2n) is 39.1. The summed E-state index contributed by atoms with van der Waals surface area (Å²) in [4.78, 5) is 128. The molecule has 0 aliphatic carbocycles. The highest BCUT2D eigenvalue weighted by atomic mass is 16.2. The first-order chi connectivity index (χ1) is 70.8. The summed E-state index contributed by atoms with van der Waals surface area (Å²) in [5.41, 5.74) is 45.9. The molecule has 0 unspecified atom stereocenters. The fourth-order valence-electron chi connectivity index (χ4n) is 20.3. The van der Waals surface area contributed by atoms with Gasteiger partial charge in [0.2, 0.25) is 35.4 Å². The molecular weight excluding hydrogens is 1830 g/mol. The number of nitrogens with one attached hydrogen (secondary N) is 12. The van der Waals surface area contributed by atoms with Crippen molar-refractivity contribution in [1.29, 1.82) is 0 Å². The van der Waals surface area contributed by atoms with Crippen LogP contribution in [0.25, 0.3) is 170 Å². The van der Waals surface area contributed by atoms with Crippen LogP contribution >= 0.6 is 0 Å². The molecule has 9 aromatic rings. The van der Waals surface area contributed by atoms with Gasteiger partial charge in [-0.3, -0.25) is 28.8 Å². The number of unbranched alkanes of at least 4 members (excludes halogenated alkanes) is 9. The SMILES string of the molecule is C=Cc1c(C)c2cc3[nH]c(cc4nc(cc5nc(cc1[nH]2)C(C)=C5CCC(=O)NC)C(CCC(=O)NCCCC)=C4C)c(C)c3C=C.C=Cc1c(C)c2cc3[nH]c(cc4nc(cc5nc(cc1[nH]2)C(C)=C5CCC(=O)NC)C(CCC(=O)NCCCCCC)=C4C)c(C)c3C=C.C=Cc1c(C)c2cc3[nH]c(cc4nc(cc5nc(cc1[nH]2)C(C)=C5CCC(=O)NC)C(CCC(=O)NCCCCCCCC)=C4C)c(C)c3C=C. The molecule has 9 aromatic heterocycles. The number of rotatable bonds is 39. The lowest BCUT2D eigenvalue weighted by atomic mass is 9.98. The van der Waals surface area contributed by atoms with E-state index in [1.165, 1.54) is 38.5 Å². The van der Waals surface area contributed by atoms with Crippen LogP contribution in [-0.2, 0) is 28.8 Å². The molecule has 24 heteroatoms. The quantitative estimate of drug-likeness (QED) is 0.0160. The minimum Gasteiger partial charge on any atom is -0.359 e. The normalized spacial score (nSPS) is 12.8. The van der Waals surface area contributed by atoms with Crippen molar-refractivity contribution in [3.8, 4) is 0 Å². The maximum absolute atomic E-state index is 13.0. The van der Waals surface area contributed by atoms with Crippen molar-refractivity contribution in [2.45, 2.75) is 258 Å². The highest BCUT2D eigenvalue weighted by Gasteiger charge is 2.29. The zero-order valence-electron chi connectivity index (χ0n) is 89.9. The number of H-pyrrole nitrogens is 6. The van der Waals surface area contributed by atoms with Gasteiger partial charge < -0.3 is 61.8 Å². The molecule has 768 valence electrons. The van der Waals surface area contributed by atoms with Crippen LogP contribution in [0.15, 0.2) is 112 Å². The van der Waals surface area contributed by atoms with Gasteiger partial charge in [0.05, 0.1) is 68.3 Å². The summed E-state index contributed by atoms with van der Waals surface area (Å²) >= 11 is 0. The molecular formula is C123H150N18O6. The number of aryl methyl sites for hydroxylation is 6. The highest BCUT2D eigenvalue weighted by Crippen LogP contribution is 2.44.